The lowest BCUT2D eigenvalue weighted by molar-refractivity contribution is 0.102. The maximum atomic E-state index is 13.7. The summed E-state index contributed by atoms with van der Waals surface area (Å²) < 4.78 is 13.7. The van der Waals surface area contributed by atoms with Gasteiger partial charge in [0, 0.05) is 5.38 Å². The molecular weight excluding hydrogens is 263 g/mol. The van der Waals surface area contributed by atoms with Crippen LogP contribution < -0.4 is 5.32 Å². The van der Waals surface area contributed by atoms with E-state index < -0.39 is 11.7 Å². The SMILES string of the molecule is Cc1ccc(C(=O)Nc2nc(C(C)C)cs2)c(F)c1. The van der Waals surface area contributed by atoms with E-state index in [1.165, 1.54) is 23.5 Å². The minimum Gasteiger partial charge on any atom is -0.298 e. The molecule has 1 amide bonds. The number of aryl methyl sites for hydroxylation is 1. The molecule has 0 saturated carbocycles. The molecule has 0 unspecified atom stereocenters. The minimum absolute atomic E-state index is 0.0342. The van der Waals surface area contributed by atoms with Gasteiger partial charge in [-0.1, -0.05) is 19.9 Å². The van der Waals surface area contributed by atoms with Crippen LogP contribution in [0.15, 0.2) is 23.6 Å². The summed E-state index contributed by atoms with van der Waals surface area (Å²) in [7, 11) is 0. The highest BCUT2D eigenvalue weighted by atomic mass is 32.1. The van der Waals surface area contributed by atoms with Gasteiger partial charge in [0.2, 0.25) is 0 Å². The summed E-state index contributed by atoms with van der Waals surface area (Å²) in [5, 5.41) is 5.01. The van der Waals surface area contributed by atoms with Crippen molar-refractivity contribution in [1.29, 1.82) is 0 Å². The van der Waals surface area contributed by atoms with Crippen molar-refractivity contribution in [3.63, 3.8) is 0 Å². The molecule has 3 nitrogen and oxygen atoms in total. The molecule has 1 N–H and O–H groups in total. The molecule has 0 radical (unpaired) electrons. The van der Waals surface area contributed by atoms with Crippen LogP contribution in [0.25, 0.3) is 0 Å². The summed E-state index contributed by atoms with van der Waals surface area (Å²) in [5.74, 6) is -0.682. The third-order valence-corrected chi connectivity index (χ3v) is 3.48. The zero-order valence-corrected chi connectivity index (χ0v) is 11.8. The first-order valence-electron chi connectivity index (χ1n) is 6.00. The number of carbonyl (C=O) groups is 1. The highest BCUT2D eigenvalue weighted by molar-refractivity contribution is 7.14. The number of nitrogens with one attached hydrogen (secondary N) is 1. The van der Waals surface area contributed by atoms with Crippen LogP contribution in [0.3, 0.4) is 0 Å². The van der Waals surface area contributed by atoms with Crippen LogP contribution in [-0.2, 0) is 0 Å². The molecule has 1 aromatic carbocycles. The van der Waals surface area contributed by atoms with Gasteiger partial charge in [-0.2, -0.15) is 0 Å². The predicted octanol–water partition coefficient (Wildman–Crippen LogP) is 3.97. The van der Waals surface area contributed by atoms with Gasteiger partial charge in [-0.15, -0.1) is 11.3 Å². The van der Waals surface area contributed by atoms with Crippen molar-refractivity contribution < 1.29 is 9.18 Å². The number of rotatable bonds is 3. The Hall–Kier alpha value is -1.75. The monoisotopic (exact) mass is 278 g/mol. The summed E-state index contributed by atoms with van der Waals surface area (Å²) in [4.78, 5) is 16.2. The second-order valence-electron chi connectivity index (χ2n) is 4.67. The zero-order chi connectivity index (χ0) is 14.0. The smallest absolute Gasteiger partial charge is 0.260 e. The molecule has 0 bridgehead atoms. The second-order valence-corrected chi connectivity index (χ2v) is 5.53. The summed E-state index contributed by atoms with van der Waals surface area (Å²) in [6.07, 6.45) is 0. The summed E-state index contributed by atoms with van der Waals surface area (Å²) >= 11 is 1.34. The van der Waals surface area contributed by atoms with Crippen molar-refractivity contribution in [3.8, 4) is 0 Å². The van der Waals surface area contributed by atoms with Crippen molar-refractivity contribution in [2.24, 2.45) is 0 Å². The Morgan fingerprint density at radius 1 is 1.42 bits per heavy atom. The summed E-state index contributed by atoms with van der Waals surface area (Å²) in [6, 6.07) is 4.53. The van der Waals surface area contributed by atoms with E-state index in [-0.39, 0.29) is 5.56 Å². The van der Waals surface area contributed by atoms with Crippen molar-refractivity contribution in [2.75, 3.05) is 5.32 Å². The lowest BCUT2D eigenvalue weighted by atomic mass is 10.1. The highest BCUT2D eigenvalue weighted by Crippen LogP contribution is 2.22. The highest BCUT2D eigenvalue weighted by Gasteiger charge is 2.14. The molecule has 2 rings (SSSR count). The molecule has 0 saturated heterocycles. The topological polar surface area (TPSA) is 42.0 Å². The van der Waals surface area contributed by atoms with Crippen LogP contribution in [-0.4, -0.2) is 10.9 Å². The Balaban J connectivity index is 2.16. The van der Waals surface area contributed by atoms with Gasteiger partial charge >= 0.3 is 0 Å². The molecule has 0 aliphatic rings. The molecule has 0 fully saturated rings. The Labute approximate surface area is 115 Å². The van der Waals surface area contributed by atoms with Gasteiger partial charge < -0.3 is 0 Å². The van der Waals surface area contributed by atoms with E-state index in [0.717, 1.165) is 11.3 Å². The van der Waals surface area contributed by atoms with Gasteiger partial charge in [-0.05, 0) is 30.5 Å². The quantitative estimate of drug-likeness (QED) is 0.923. The molecule has 0 aliphatic heterocycles. The number of hydrogen-bond donors (Lipinski definition) is 1. The largest absolute Gasteiger partial charge is 0.298 e. The van der Waals surface area contributed by atoms with E-state index in [2.05, 4.69) is 10.3 Å². The number of amides is 1. The number of benzene rings is 1. The third kappa shape index (κ3) is 3.17. The van der Waals surface area contributed by atoms with Crippen molar-refractivity contribution in [3.05, 3.63) is 46.2 Å². The number of hydrogen-bond acceptors (Lipinski definition) is 3. The Kier molecular flexibility index (Phi) is 3.95. The molecule has 100 valence electrons. The number of nitrogens with zero attached hydrogens (tertiary/aromatic N) is 1. The van der Waals surface area contributed by atoms with Gasteiger partial charge in [0.25, 0.3) is 5.91 Å². The maximum absolute atomic E-state index is 13.7. The number of thiazole rings is 1. The summed E-state index contributed by atoms with van der Waals surface area (Å²) in [5.41, 5.74) is 1.74. The van der Waals surface area contributed by atoms with Gasteiger partial charge in [0.05, 0.1) is 11.3 Å². The first-order valence-corrected chi connectivity index (χ1v) is 6.88. The van der Waals surface area contributed by atoms with Crippen molar-refractivity contribution in [2.45, 2.75) is 26.7 Å². The molecule has 2 aromatic rings. The van der Waals surface area contributed by atoms with E-state index in [0.29, 0.717) is 11.0 Å². The normalized spacial score (nSPS) is 10.8. The number of halogens is 1. The number of aromatic nitrogens is 1. The van der Waals surface area contributed by atoms with Gasteiger partial charge in [-0.3, -0.25) is 10.1 Å². The Bertz CT molecular complexity index is 607. The van der Waals surface area contributed by atoms with Crippen LogP contribution in [0.1, 0.15) is 41.4 Å². The zero-order valence-electron chi connectivity index (χ0n) is 11.0. The molecular formula is C14H15FN2OS. The van der Waals surface area contributed by atoms with Crippen molar-refractivity contribution >= 4 is 22.4 Å². The Morgan fingerprint density at radius 2 is 2.16 bits per heavy atom. The average molecular weight is 278 g/mol. The molecule has 5 heteroatoms. The molecule has 0 aliphatic carbocycles. The van der Waals surface area contributed by atoms with Gasteiger partial charge in [0.15, 0.2) is 5.13 Å². The first kappa shape index (κ1) is 13.7. The fourth-order valence-corrected chi connectivity index (χ4v) is 2.44. The minimum atomic E-state index is -0.516. The molecule has 0 spiro atoms. The van der Waals surface area contributed by atoms with Crippen LogP contribution in [0.2, 0.25) is 0 Å². The summed E-state index contributed by atoms with van der Waals surface area (Å²) in [6.45, 7) is 5.83. The van der Waals surface area contributed by atoms with E-state index in [1.807, 2.05) is 19.2 Å². The molecule has 1 aromatic heterocycles. The fourth-order valence-electron chi connectivity index (χ4n) is 1.58. The van der Waals surface area contributed by atoms with E-state index >= 15 is 0 Å². The van der Waals surface area contributed by atoms with Crippen LogP contribution in [0.5, 0.6) is 0 Å². The standard InChI is InChI=1S/C14H15FN2OS/c1-8(2)12-7-19-14(16-12)17-13(18)10-5-4-9(3)6-11(10)15/h4-8H,1-3H3,(H,16,17,18). The van der Waals surface area contributed by atoms with Gasteiger partial charge in [-0.25, -0.2) is 9.37 Å². The van der Waals surface area contributed by atoms with Crippen LogP contribution in [0, 0.1) is 12.7 Å². The lowest BCUT2D eigenvalue weighted by Crippen LogP contribution is -2.13. The molecule has 19 heavy (non-hydrogen) atoms. The van der Waals surface area contributed by atoms with Crippen LogP contribution in [0.4, 0.5) is 9.52 Å². The average Bonchev–Trinajstić information content (AvgIpc) is 2.77. The van der Waals surface area contributed by atoms with E-state index in [1.54, 1.807) is 13.0 Å². The third-order valence-electron chi connectivity index (χ3n) is 2.70. The Morgan fingerprint density at radius 3 is 2.74 bits per heavy atom. The lowest BCUT2D eigenvalue weighted by Gasteiger charge is -2.04. The van der Waals surface area contributed by atoms with Crippen molar-refractivity contribution in [1.82, 2.24) is 4.98 Å². The fraction of sp³-hybridized carbons (Fsp3) is 0.286. The number of carbonyl (C=O) groups excluding carboxylic acids is 1. The molecule has 1 heterocycles. The molecule has 0 atom stereocenters. The van der Waals surface area contributed by atoms with Gasteiger partial charge in [0.1, 0.15) is 5.82 Å². The second kappa shape index (κ2) is 5.48. The van der Waals surface area contributed by atoms with E-state index in [9.17, 15) is 9.18 Å². The first-order chi connectivity index (χ1) is 8.97. The number of anilines is 1. The predicted molar refractivity (Wildman–Crippen MR) is 75.3 cm³/mol. The van der Waals surface area contributed by atoms with Crippen LogP contribution >= 0.6 is 11.3 Å². The van der Waals surface area contributed by atoms with E-state index in [4.69, 9.17) is 0 Å². The maximum Gasteiger partial charge on any atom is 0.260 e.